The summed E-state index contributed by atoms with van der Waals surface area (Å²) in [4.78, 5) is 16.4. The van der Waals surface area contributed by atoms with Gasteiger partial charge in [0.25, 0.3) is 0 Å². The minimum Gasteiger partial charge on any atom is -0.371 e. The van der Waals surface area contributed by atoms with Crippen LogP contribution in [0.3, 0.4) is 0 Å². The van der Waals surface area contributed by atoms with Crippen molar-refractivity contribution in [3.05, 3.63) is 0 Å². The van der Waals surface area contributed by atoms with E-state index < -0.39 is 0 Å². The maximum Gasteiger partial charge on any atom is 0.236 e. The Morgan fingerprint density at radius 3 is 2.67 bits per heavy atom. The molecule has 0 aromatic carbocycles. The highest BCUT2D eigenvalue weighted by Crippen LogP contribution is 2.13. The van der Waals surface area contributed by atoms with Gasteiger partial charge in [-0.25, -0.2) is 0 Å². The van der Waals surface area contributed by atoms with Gasteiger partial charge in [0.2, 0.25) is 5.91 Å². The van der Waals surface area contributed by atoms with Crippen molar-refractivity contribution in [2.24, 2.45) is 5.73 Å². The standard InChI is InChI=1S/C13H25N3O2/c1-11-8-15(9-12(7-14)18-11)10-13(17)16-5-3-2-4-6-16/h11-12H,2-10,14H2,1H3. The largest absolute Gasteiger partial charge is 0.371 e. The van der Waals surface area contributed by atoms with E-state index in [4.69, 9.17) is 10.5 Å². The summed E-state index contributed by atoms with van der Waals surface area (Å²) >= 11 is 0. The van der Waals surface area contributed by atoms with Crippen molar-refractivity contribution >= 4 is 5.91 Å². The van der Waals surface area contributed by atoms with Crippen LogP contribution in [0.4, 0.5) is 0 Å². The number of rotatable bonds is 3. The molecule has 18 heavy (non-hydrogen) atoms. The predicted molar refractivity (Wildman–Crippen MR) is 70.3 cm³/mol. The minimum atomic E-state index is 0.0721. The average Bonchev–Trinajstić information content (AvgIpc) is 2.39. The van der Waals surface area contributed by atoms with Gasteiger partial charge in [-0.15, -0.1) is 0 Å². The second-order valence-electron chi connectivity index (χ2n) is 5.44. The molecule has 5 heteroatoms. The zero-order chi connectivity index (χ0) is 13.0. The summed E-state index contributed by atoms with van der Waals surface area (Å²) in [6, 6.07) is 0. The van der Waals surface area contributed by atoms with Gasteiger partial charge in [-0.1, -0.05) is 0 Å². The first-order valence-electron chi connectivity index (χ1n) is 7.04. The van der Waals surface area contributed by atoms with E-state index in [1.165, 1.54) is 6.42 Å². The van der Waals surface area contributed by atoms with Crippen LogP contribution in [0.5, 0.6) is 0 Å². The number of carbonyl (C=O) groups excluding carboxylic acids is 1. The van der Waals surface area contributed by atoms with Crippen LogP contribution in [-0.2, 0) is 9.53 Å². The number of ether oxygens (including phenoxy) is 1. The lowest BCUT2D eigenvalue weighted by Gasteiger charge is -2.37. The second kappa shape index (κ2) is 6.50. The van der Waals surface area contributed by atoms with Gasteiger partial charge in [0, 0.05) is 32.7 Å². The van der Waals surface area contributed by atoms with Crippen molar-refractivity contribution in [3.8, 4) is 0 Å². The molecular weight excluding hydrogens is 230 g/mol. The third kappa shape index (κ3) is 3.67. The summed E-state index contributed by atoms with van der Waals surface area (Å²) in [6.07, 6.45) is 3.80. The third-order valence-electron chi connectivity index (χ3n) is 3.73. The predicted octanol–water partition coefficient (Wildman–Crippen LogP) is 0.0469. The Hall–Kier alpha value is -0.650. The highest BCUT2D eigenvalue weighted by molar-refractivity contribution is 5.78. The third-order valence-corrected chi connectivity index (χ3v) is 3.73. The number of piperidine rings is 1. The molecule has 0 saturated carbocycles. The number of amides is 1. The van der Waals surface area contributed by atoms with Crippen molar-refractivity contribution in [3.63, 3.8) is 0 Å². The molecule has 0 spiro atoms. The summed E-state index contributed by atoms with van der Waals surface area (Å²) in [7, 11) is 0. The van der Waals surface area contributed by atoms with Crippen LogP contribution in [0.15, 0.2) is 0 Å². The van der Waals surface area contributed by atoms with E-state index in [1.807, 2.05) is 11.8 Å². The minimum absolute atomic E-state index is 0.0721. The molecule has 2 N–H and O–H groups in total. The molecule has 2 atom stereocenters. The summed E-state index contributed by atoms with van der Waals surface area (Å²) in [6.45, 7) is 6.55. The molecule has 2 saturated heterocycles. The lowest BCUT2D eigenvalue weighted by atomic mass is 10.1. The molecule has 0 aromatic rings. The SMILES string of the molecule is CC1CN(CC(=O)N2CCCCC2)CC(CN)O1. The van der Waals surface area contributed by atoms with Gasteiger partial charge in [-0.3, -0.25) is 9.69 Å². The van der Waals surface area contributed by atoms with Crippen LogP contribution in [-0.4, -0.2) is 67.2 Å². The molecule has 0 aromatic heterocycles. The number of morpholine rings is 1. The quantitative estimate of drug-likeness (QED) is 0.774. The first-order chi connectivity index (χ1) is 8.69. The zero-order valence-electron chi connectivity index (χ0n) is 11.3. The van der Waals surface area contributed by atoms with E-state index in [0.29, 0.717) is 13.1 Å². The average molecular weight is 255 g/mol. The summed E-state index contributed by atoms with van der Waals surface area (Å²) < 4.78 is 5.70. The van der Waals surface area contributed by atoms with E-state index in [0.717, 1.165) is 39.0 Å². The number of likely N-dealkylation sites (tertiary alicyclic amines) is 1. The van der Waals surface area contributed by atoms with Crippen LogP contribution in [0, 0.1) is 0 Å². The number of nitrogens with zero attached hydrogens (tertiary/aromatic N) is 2. The maximum atomic E-state index is 12.2. The first-order valence-corrected chi connectivity index (χ1v) is 7.04. The van der Waals surface area contributed by atoms with Gasteiger partial charge in [-0.05, 0) is 26.2 Å². The van der Waals surface area contributed by atoms with Crippen molar-refractivity contribution in [2.45, 2.75) is 38.4 Å². The Balaban J connectivity index is 1.82. The lowest BCUT2D eigenvalue weighted by Crippen LogP contribution is -2.52. The fourth-order valence-corrected chi connectivity index (χ4v) is 2.83. The van der Waals surface area contributed by atoms with Crippen LogP contribution in [0.2, 0.25) is 0 Å². The van der Waals surface area contributed by atoms with Crippen LogP contribution < -0.4 is 5.73 Å². The fraction of sp³-hybridized carbons (Fsp3) is 0.923. The van der Waals surface area contributed by atoms with Gasteiger partial charge in [0.05, 0.1) is 18.8 Å². The molecule has 2 heterocycles. The van der Waals surface area contributed by atoms with Gasteiger partial charge in [-0.2, -0.15) is 0 Å². The topological polar surface area (TPSA) is 58.8 Å². The Bertz CT molecular complexity index is 279. The zero-order valence-corrected chi connectivity index (χ0v) is 11.3. The Labute approximate surface area is 109 Å². The van der Waals surface area contributed by atoms with Gasteiger partial charge in [0.15, 0.2) is 0 Å². The molecule has 2 unspecified atom stereocenters. The van der Waals surface area contributed by atoms with E-state index in [-0.39, 0.29) is 18.1 Å². The molecule has 2 aliphatic heterocycles. The molecule has 0 bridgehead atoms. The lowest BCUT2D eigenvalue weighted by molar-refractivity contribution is -0.137. The first kappa shape index (κ1) is 13.8. The van der Waals surface area contributed by atoms with Crippen LogP contribution in [0.1, 0.15) is 26.2 Å². The number of hydrogen-bond acceptors (Lipinski definition) is 4. The molecular formula is C13H25N3O2. The Kier molecular flexibility index (Phi) is 4.97. The fourth-order valence-electron chi connectivity index (χ4n) is 2.83. The molecule has 2 aliphatic rings. The maximum absolute atomic E-state index is 12.2. The van der Waals surface area contributed by atoms with Gasteiger partial charge in [0.1, 0.15) is 0 Å². The highest BCUT2D eigenvalue weighted by atomic mass is 16.5. The summed E-state index contributed by atoms with van der Waals surface area (Å²) in [5, 5.41) is 0. The monoisotopic (exact) mass is 255 g/mol. The molecule has 104 valence electrons. The van der Waals surface area contributed by atoms with E-state index in [1.54, 1.807) is 0 Å². The van der Waals surface area contributed by atoms with Crippen LogP contribution in [0.25, 0.3) is 0 Å². The highest BCUT2D eigenvalue weighted by Gasteiger charge is 2.27. The van der Waals surface area contributed by atoms with Crippen molar-refractivity contribution in [1.82, 2.24) is 9.80 Å². The summed E-state index contributed by atoms with van der Waals surface area (Å²) in [5.41, 5.74) is 5.65. The molecule has 0 aliphatic carbocycles. The van der Waals surface area contributed by atoms with E-state index in [9.17, 15) is 4.79 Å². The molecule has 0 radical (unpaired) electrons. The molecule has 2 fully saturated rings. The second-order valence-corrected chi connectivity index (χ2v) is 5.44. The molecule has 5 nitrogen and oxygen atoms in total. The van der Waals surface area contributed by atoms with Crippen molar-refractivity contribution in [1.29, 1.82) is 0 Å². The molecule has 1 amide bonds. The Morgan fingerprint density at radius 1 is 1.28 bits per heavy atom. The Morgan fingerprint density at radius 2 is 2.00 bits per heavy atom. The van der Waals surface area contributed by atoms with E-state index >= 15 is 0 Å². The number of nitrogens with two attached hydrogens (primary N) is 1. The van der Waals surface area contributed by atoms with Crippen molar-refractivity contribution < 1.29 is 9.53 Å². The van der Waals surface area contributed by atoms with Crippen molar-refractivity contribution in [2.75, 3.05) is 39.3 Å². The van der Waals surface area contributed by atoms with E-state index in [2.05, 4.69) is 4.90 Å². The van der Waals surface area contributed by atoms with Gasteiger partial charge >= 0.3 is 0 Å². The van der Waals surface area contributed by atoms with Gasteiger partial charge < -0.3 is 15.4 Å². The normalized spacial score (nSPS) is 30.4. The molecule has 2 rings (SSSR count). The summed E-state index contributed by atoms with van der Waals surface area (Å²) in [5.74, 6) is 0.263. The smallest absolute Gasteiger partial charge is 0.236 e. The number of carbonyl (C=O) groups is 1. The van der Waals surface area contributed by atoms with Crippen LogP contribution >= 0.6 is 0 Å². The number of hydrogen-bond donors (Lipinski definition) is 1.